The molecule has 4 nitrogen and oxygen atoms in total. The van der Waals surface area contributed by atoms with E-state index >= 15 is 0 Å². The van der Waals surface area contributed by atoms with Crippen molar-refractivity contribution < 1.29 is 9.53 Å². The zero-order chi connectivity index (χ0) is 21.6. The molecule has 2 atom stereocenters. The van der Waals surface area contributed by atoms with Crippen molar-refractivity contribution in [1.82, 2.24) is 10.6 Å². The third kappa shape index (κ3) is 7.55. The maximum absolute atomic E-state index is 11.8. The highest BCUT2D eigenvalue weighted by Gasteiger charge is 2.40. The fourth-order valence-corrected chi connectivity index (χ4v) is 4.56. The Morgan fingerprint density at radius 3 is 2.40 bits per heavy atom. The lowest BCUT2D eigenvalue weighted by Crippen LogP contribution is -2.41. The van der Waals surface area contributed by atoms with Gasteiger partial charge < -0.3 is 15.4 Å². The monoisotopic (exact) mass is 412 g/mol. The lowest BCUT2D eigenvalue weighted by atomic mass is 9.91. The maximum atomic E-state index is 11.8. The van der Waals surface area contributed by atoms with Crippen molar-refractivity contribution in [3.05, 3.63) is 41.5 Å². The molecule has 4 heteroatoms. The molecule has 2 unspecified atom stereocenters. The number of esters is 1. The molecule has 2 N–H and O–H groups in total. The Morgan fingerprint density at radius 2 is 1.77 bits per heavy atom. The number of carbonyl (C=O) groups is 1. The lowest BCUT2D eigenvalue weighted by molar-refractivity contribution is -0.154. The second-order valence-electron chi connectivity index (χ2n) is 9.94. The summed E-state index contributed by atoms with van der Waals surface area (Å²) in [5, 5.41) is 7.47. The molecule has 0 bridgehead atoms. The molecule has 0 spiro atoms. The number of benzene rings is 1. The summed E-state index contributed by atoms with van der Waals surface area (Å²) in [6.07, 6.45) is 10.1. The van der Waals surface area contributed by atoms with Crippen LogP contribution in [0.5, 0.6) is 0 Å². The summed E-state index contributed by atoms with van der Waals surface area (Å²) in [5.41, 5.74) is 2.50. The number of rotatable bonds is 9. The molecule has 2 aliphatic carbocycles. The van der Waals surface area contributed by atoms with Gasteiger partial charge in [-0.1, -0.05) is 48.9 Å². The minimum Gasteiger partial charge on any atom is -0.460 e. The summed E-state index contributed by atoms with van der Waals surface area (Å²) < 4.78 is 5.38. The van der Waals surface area contributed by atoms with Crippen molar-refractivity contribution in [3.63, 3.8) is 0 Å². The van der Waals surface area contributed by atoms with Gasteiger partial charge in [0, 0.05) is 24.7 Å². The minimum atomic E-state index is -0.393. The number of ether oxygens (including phenoxy) is 1. The Bertz CT molecular complexity index is 699. The summed E-state index contributed by atoms with van der Waals surface area (Å²) in [5.74, 6) is 0.597. The molecule has 0 aliphatic heterocycles. The Morgan fingerprint density at radius 1 is 1.10 bits per heavy atom. The van der Waals surface area contributed by atoms with Crippen molar-refractivity contribution in [3.8, 4) is 0 Å². The summed E-state index contributed by atoms with van der Waals surface area (Å²) in [6.45, 7) is 8.73. The smallest absolute Gasteiger partial charge is 0.307 e. The largest absolute Gasteiger partial charge is 0.460 e. The van der Waals surface area contributed by atoms with Crippen molar-refractivity contribution in [2.24, 2.45) is 5.92 Å². The Hall–Kier alpha value is -1.65. The standard InChI is InChI=1S/C26H40N2O2/c1-5-20(17-19-9-7-6-8-10-19)23-18-24(23)28-22-13-11-21(12-14-22)27-16-15-25(29)30-26(2,3)4/h6-10,17,21-24,27-28H,5,11-16,18H2,1-4H3. The van der Waals surface area contributed by atoms with Crippen molar-refractivity contribution in [2.45, 2.75) is 96.4 Å². The SMILES string of the molecule is CCC(=Cc1ccccc1)C1CC1NC1CCC(NCCC(=O)OC(C)(C)C)CC1. The van der Waals surface area contributed by atoms with Gasteiger partial charge in [0.05, 0.1) is 6.42 Å². The van der Waals surface area contributed by atoms with E-state index in [4.69, 9.17) is 4.74 Å². The van der Waals surface area contributed by atoms with Gasteiger partial charge >= 0.3 is 5.97 Å². The van der Waals surface area contributed by atoms with E-state index in [1.807, 2.05) is 20.8 Å². The van der Waals surface area contributed by atoms with Crippen LogP contribution in [0.4, 0.5) is 0 Å². The van der Waals surface area contributed by atoms with E-state index in [0.29, 0.717) is 37.0 Å². The average molecular weight is 413 g/mol. The van der Waals surface area contributed by atoms with Crippen LogP contribution in [0.3, 0.4) is 0 Å². The van der Waals surface area contributed by atoms with Gasteiger partial charge in [0.1, 0.15) is 5.60 Å². The highest BCUT2D eigenvalue weighted by Crippen LogP contribution is 2.40. The van der Waals surface area contributed by atoms with E-state index in [0.717, 1.165) is 6.42 Å². The van der Waals surface area contributed by atoms with E-state index in [1.54, 1.807) is 5.57 Å². The zero-order valence-electron chi connectivity index (χ0n) is 19.2. The molecule has 2 aliphatic rings. The molecule has 0 aromatic heterocycles. The zero-order valence-corrected chi connectivity index (χ0v) is 19.2. The van der Waals surface area contributed by atoms with Gasteiger partial charge in [-0.05, 0) is 70.8 Å². The van der Waals surface area contributed by atoms with E-state index in [2.05, 4.69) is 54.0 Å². The van der Waals surface area contributed by atoms with Crippen molar-refractivity contribution in [1.29, 1.82) is 0 Å². The summed E-state index contributed by atoms with van der Waals surface area (Å²) in [6, 6.07) is 12.5. The third-order valence-corrected chi connectivity index (χ3v) is 6.19. The van der Waals surface area contributed by atoms with Gasteiger partial charge in [0.25, 0.3) is 0 Å². The summed E-state index contributed by atoms with van der Waals surface area (Å²) >= 11 is 0. The van der Waals surface area contributed by atoms with Crippen LogP contribution in [0, 0.1) is 5.92 Å². The Labute approximate surface area is 182 Å². The van der Waals surface area contributed by atoms with E-state index in [-0.39, 0.29) is 5.97 Å². The molecule has 30 heavy (non-hydrogen) atoms. The highest BCUT2D eigenvalue weighted by atomic mass is 16.6. The average Bonchev–Trinajstić information content (AvgIpc) is 3.46. The second-order valence-corrected chi connectivity index (χ2v) is 9.94. The Kier molecular flexibility index (Phi) is 8.13. The van der Waals surface area contributed by atoms with E-state index in [1.165, 1.54) is 37.7 Å². The van der Waals surface area contributed by atoms with Gasteiger partial charge in [0.15, 0.2) is 0 Å². The molecule has 0 heterocycles. The number of hydrogen-bond donors (Lipinski definition) is 2. The fourth-order valence-electron chi connectivity index (χ4n) is 4.56. The molecule has 0 amide bonds. The van der Waals surface area contributed by atoms with Crippen LogP contribution in [0.2, 0.25) is 0 Å². The van der Waals surface area contributed by atoms with Gasteiger partial charge in [-0.15, -0.1) is 0 Å². The van der Waals surface area contributed by atoms with E-state index < -0.39 is 5.60 Å². The highest BCUT2D eigenvalue weighted by molar-refractivity contribution is 5.70. The lowest BCUT2D eigenvalue weighted by Gasteiger charge is -2.30. The third-order valence-electron chi connectivity index (χ3n) is 6.19. The molecule has 0 saturated heterocycles. The first-order chi connectivity index (χ1) is 14.3. The molecule has 166 valence electrons. The fraction of sp³-hybridized carbons (Fsp3) is 0.654. The van der Waals surface area contributed by atoms with Gasteiger partial charge in [-0.25, -0.2) is 0 Å². The molecular weight excluding hydrogens is 372 g/mol. The minimum absolute atomic E-state index is 0.111. The van der Waals surface area contributed by atoms with Crippen LogP contribution in [0.25, 0.3) is 6.08 Å². The van der Waals surface area contributed by atoms with Gasteiger partial charge in [-0.2, -0.15) is 0 Å². The number of hydrogen-bond acceptors (Lipinski definition) is 4. The first-order valence-electron chi connectivity index (χ1n) is 11.8. The molecular formula is C26H40N2O2. The predicted molar refractivity (Wildman–Crippen MR) is 124 cm³/mol. The van der Waals surface area contributed by atoms with Crippen LogP contribution in [0.1, 0.15) is 78.2 Å². The Balaban J connectivity index is 1.34. The van der Waals surface area contributed by atoms with Crippen LogP contribution >= 0.6 is 0 Å². The van der Waals surface area contributed by atoms with Crippen LogP contribution in [-0.4, -0.2) is 36.2 Å². The van der Waals surface area contributed by atoms with Crippen LogP contribution in [0.15, 0.2) is 35.9 Å². The molecule has 1 aromatic rings. The molecule has 0 radical (unpaired) electrons. The van der Waals surface area contributed by atoms with Gasteiger partial charge in [-0.3, -0.25) is 4.79 Å². The van der Waals surface area contributed by atoms with Gasteiger partial charge in [0.2, 0.25) is 0 Å². The first kappa shape index (κ1) is 23.0. The van der Waals surface area contributed by atoms with Crippen LogP contribution < -0.4 is 10.6 Å². The van der Waals surface area contributed by atoms with Crippen molar-refractivity contribution >= 4 is 12.0 Å². The normalized spacial score (nSPS) is 27.0. The number of carbonyl (C=O) groups excluding carboxylic acids is 1. The maximum Gasteiger partial charge on any atom is 0.307 e. The summed E-state index contributed by atoms with van der Waals surface area (Å²) in [4.78, 5) is 11.8. The van der Waals surface area contributed by atoms with E-state index in [9.17, 15) is 4.79 Å². The summed E-state index contributed by atoms with van der Waals surface area (Å²) in [7, 11) is 0. The molecule has 3 rings (SSSR count). The number of nitrogens with one attached hydrogen (secondary N) is 2. The first-order valence-corrected chi connectivity index (χ1v) is 11.8. The van der Waals surface area contributed by atoms with Crippen molar-refractivity contribution in [2.75, 3.05) is 6.54 Å². The topological polar surface area (TPSA) is 50.4 Å². The molecule has 1 aromatic carbocycles. The quantitative estimate of drug-likeness (QED) is 0.555. The predicted octanol–water partition coefficient (Wildman–Crippen LogP) is 5.09. The van der Waals surface area contributed by atoms with Crippen LogP contribution in [-0.2, 0) is 9.53 Å². The molecule has 2 saturated carbocycles. The molecule has 2 fully saturated rings. The second kappa shape index (κ2) is 10.6.